The Balaban J connectivity index is 0.000000260. The van der Waals surface area contributed by atoms with E-state index in [2.05, 4.69) is 86.7 Å². The van der Waals surface area contributed by atoms with Gasteiger partial charge in [-0.2, -0.15) is 0 Å². The molecule has 4 aromatic heterocycles. The molecule has 10 rings (SSSR count). The third-order valence-electron chi connectivity index (χ3n) is 19.4. The summed E-state index contributed by atoms with van der Waals surface area (Å²) in [6, 6.07) is 4.63. The summed E-state index contributed by atoms with van der Waals surface area (Å²) in [6.07, 6.45) is -11.1. The highest BCUT2D eigenvalue weighted by molar-refractivity contribution is 14.1. The third-order valence-corrected chi connectivity index (χ3v) is 31.7. The van der Waals surface area contributed by atoms with E-state index in [0.717, 1.165) is 21.3 Å². The van der Waals surface area contributed by atoms with Crippen LogP contribution in [-0.4, -0.2) is 236 Å². The Labute approximate surface area is 663 Å². The Bertz CT molecular complexity index is 4330. The normalized spacial score (nSPS) is 31.0. The average Bonchev–Trinajstić information content (AvgIpc) is 1.57. The number of nitrogens with one attached hydrogen (secondary N) is 4. The first-order chi connectivity index (χ1) is 48.9. The van der Waals surface area contributed by atoms with Crippen LogP contribution in [0.4, 0.5) is 0 Å². The molecule has 0 saturated carbocycles. The van der Waals surface area contributed by atoms with Crippen molar-refractivity contribution in [3.8, 4) is 0 Å². The number of rotatable bonds is 20. The molecule has 22 N–H and O–H groups in total. The fourth-order valence-electron chi connectivity index (χ4n) is 12.1. The molecule has 6 saturated heterocycles. The number of nitrogens with zero attached hydrogens (tertiary/aromatic N) is 4. The van der Waals surface area contributed by atoms with Crippen molar-refractivity contribution in [1.29, 1.82) is 0 Å². The van der Waals surface area contributed by atoms with Crippen molar-refractivity contribution >= 4 is 100 Å². The van der Waals surface area contributed by atoms with Gasteiger partial charge in [-0.25, -0.2) is 23.7 Å². The van der Waals surface area contributed by atoms with Gasteiger partial charge in [-0.3, -0.25) is 66.5 Å². The van der Waals surface area contributed by atoms with Crippen LogP contribution < -0.4 is 62.2 Å². The Kier molecular flexibility index (Phi) is 31.2. The summed E-state index contributed by atoms with van der Waals surface area (Å²) in [7, 11) is -14.4. The second-order valence-electron chi connectivity index (χ2n) is 29.7. The van der Waals surface area contributed by atoms with Gasteiger partial charge in [0.25, 0.3) is 30.1 Å². The quantitative estimate of drug-likeness (QED) is 0.0205. The predicted octanol–water partition coefficient (Wildman–Crippen LogP) is -1.58. The molecule has 622 valence electrons. The largest absolute Gasteiger partial charge is 0.756 e. The van der Waals surface area contributed by atoms with Gasteiger partial charge in [0.15, 0.2) is 33.9 Å². The molecule has 43 nitrogen and oxygen atoms in total. The maximum absolute atomic E-state index is 12.9. The van der Waals surface area contributed by atoms with Gasteiger partial charge in [-0.05, 0) is 138 Å². The molecule has 0 spiro atoms. The van der Waals surface area contributed by atoms with Gasteiger partial charge in [-0.15, -0.1) is 0 Å². The highest BCUT2D eigenvalue weighted by atomic mass is 127. The van der Waals surface area contributed by atoms with Crippen molar-refractivity contribution in [3.05, 3.63) is 125 Å². The fraction of sp³-hybridized carbons (Fsp3) is 0.729. The molecule has 0 aliphatic carbocycles. The molecule has 4 aromatic rings. The number of aliphatic hydroxyl groups excluding tert-OH is 7. The third kappa shape index (κ3) is 20.6. The zero-order chi connectivity index (χ0) is 81.1. The number of phosphoric ester groups is 2. The second kappa shape index (κ2) is 35.3. The molecule has 0 aromatic carbocycles. The Hall–Kier alpha value is -3.20. The molecular formula is C59H100I3N10O33P2Si2+. The minimum absolute atomic E-state index is 0. The van der Waals surface area contributed by atoms with Crippen LogP contribution in [-0.2, 0) is 87.8 Å². The number of halogens is 3. The lowest BCUT2D eigenvalue weighted by molar-refractivity contribution is -0.244. The number of phosphoric acid groups is 2. The minimum atomic E-state index is -5.12. The number of quaternary nitrogens is 2. The van der Waals surface area contributed by atoms with E-state index in [1.165, 1.54) is 27.5 Å². The summed E-state index contributed by atoms with van der Waals surface area (Å²) >= 11 is 5.11. The van der Waals surface area contributed by atoms with Crippen molar-refractivity contribution in [3.63, 3.8) is 0 Å². The first-order valence-electron chi connectivity index (χ1n) is 32.9. The van der Waals surface area contributed by atoms with Crippen LogP contribution in [0, 0.1) is 11.1 Å². The van der Waals surface area contributed by atoms with Gasteiger partial charge in [0.05, 0.1) is 63.5 Å². The van der Waals surface area contributed by atoms with E-state index in [4.69, 9.17) is 61.4 Å². The van der Waals surface area contributed by atoms with Gasteiger partial charge in [0, 0.05) is 30.5 Å². The van der Waals surface area contributed by atoms with Crippen LogP contribution in [0.1, 0.15) is 82.6 Å². The molecule has 6 aliphatic rings. The van der Waals surface area contributed by atoms with E-state index >= 15 is 0 Å². The average molecular weight is 1980 g/mol. The van der Waals surface area contributed by atoms with Crippen LogP contribution in [0.2, 0.25) is 36.3 Å². The highest BCUT2D eigenvalue weighted by Crippen LogP contribution is 2.51. The van der Waals surface area contributed by atoms with Crippen molar-refractivity contribution in [1.82, 2.24) is 50.5 Å². The molecular weight excluding hydrogens is 1880 g/mol. The SMILES string of the molecule is CC1(C)OC2[C@@H](O1)[C@@H](CO)O[C@@]2(CO[Si](C)(C)C(C)(C)C)n1c(I)cc(=O)[nH]c1=O.CC[C@H]1O[C@@](CO[Si](C)(C)C(C)(C)C)(n2ccc(=O)[nH]c2=O)C2OC(C)(C)O[C@H]21.O=c1cc(I)n([C@]2(CO)O[C@H](COP(=O)(O)O)[C@H](O)C2O)c(=O)[nH]1.O=c1cc(I)n([C@]2(CO)O[C@H](COP(=O)([O-])O)[C@H](O)C2O)c(=O)[nH]1.[NH4+].[NH4+]. The van der Waals surface area contributed by atoms with Crippen molar-refractivity contribution in [2.45, 2.75) is 227 Å². The number of aliphatic hydroxyl groups is 7. The topological polar surface area (TPSA) is 663 Å². The van der Waals surface area contributed by atoms with Gasteiger partial charge in [0.1, 0.15) is 67.1 Å². The summed E-state index contributed by atoms with van der Waals surface area (Å²) in [5.74, 6) is -1.73. The van der Waals surface area contributed by atoms with Gasteiger partial charge in [-0.1, -0.05) is 48.5 Å². The molecule has 109 heavy (non-hydrogen) atoms. The molecule has 5 unspecified atom stereocenters. The van der Waals surface area contributed by atoms with E-state index in [-0.39, 0.29) is 61.8 Å². The maximum Gasteiger partial charge on any atom is 0.469 e. The van der Waals surface area contributed by atoms with Gasteiger partial charge in [0.2, 0.25) is 17.2 Å². The smallest absolute Gasteiger partial charge is 0.469 e. The lowest BCUT2D eigenvalue weighted by Crippen LogP contribution is -2.57. The van der Waals surface area contributed by atoms with Crippen LogP contribution in [0.3, 0.4) is 0 Å². The number of H-pyrrole nitrogens is 4. The Morgan fingerprint density at radius 3 is 1.20 bits per heavy atom. The molecule has 0 amide bonds. The van der Waals surface area contributed by atoms with Crippen molar-refractivity contribution in [2.75, 3.05) is 46.2 Å². The van der Waals surface area contributed by atoms with E-state index in [1.54, 1.807) is 59.0 Å². The van der Waals surface area contributed by atoms with Gasteiger partial charge < -0.3 is 119 Å². The number of aromatic amines is 4. The van der Waals surface area contributed by atoms with Crippen LogP contribution >= 0.6 is 83.4 Å². The first-order valence-corrected chi connectivity index (χ1v) is 45.0. The molecule has 50 heteroatoms. The van der Waals surface area contributed by atoms with Crippen LogP contribution in [0.25, 0.3) is 0 Å². The molecule has 10 heterocycles. The van der Waals surface area contributed by atoms with Gasteiger partial charge >= 0.3 is 30.6 Å². The number of hydrogen-bond donors (Lipinski definition) is 16. The lowest BCUT2D eigenvalue weighted by Gasteiger charge is -2.42. The zero-order valence-electron chi connectivity index (χ0n) is 62.7. The summed E-state index contributed by atoms with van der Waals surface area (Å²) in [6.45, 7) is 26.8. The molecule has 0 radical (unpaired) electrons. The number of hydrogen-bond acceptors (Lipinski definition) is 30. The Morgan fingerprint density at radius 1 is 0.523 bits per heavy atom. The zero-order valence-corrected chi connectivity index (χ0v) is 72.9. The van der Waals surface area contributed by atoms with E-state index in [0.29, 0.717) is 10.1 Å². The minimum Gasteiger partial charge on any atom is -0.756 e. The monoisotopic (exact) mass is 1980 g/mol. The summed E-state index contributed by atoms with van der Waals surface area (Å²) in [5, 5.41) is 69.7. The molecule has 6 aliphatic heterocycles. The second-order valence-corrected chi connectivity index (χ2v) is 45.1. The Morgan fingerprint density at radius 2 is 0.862 bits per heavy atom. The summed E-state index contributed by atoms with van der Waals surface area (Å²) < 4.78 is 95.3. The van der Waals surface area contributed by atoms with Crippen molar-refractivity contribution in [2.24, 2.45) is 0 Å². The van der Waals surface area contributed by atoms with E-state index in [1.807, 2.05) is 53.3 Å². The molecule has 17 atom stereocenters. The van der Waals surface area contributed by atoms with E-state index < -0.39 is 199 Å². The maximum atomic E-state index is 12.9. The summed E-state index contributed by atoms with van der Waals surface area (Å²) in [4.78, 5) is 141. The number of fused-ring (bicyclic) bond motifs is 2. The van der Waals surface area contributed by atoms with Crippen LogP contribution in [0.15, 0.2) is 68.8 Å². The highest BCUT2D eigenvalue weighted by Gasteiger charge is 2.67. The molecule has 6 fully saturated rings. The lowest BCUT2D eigenvalue weighted by atomic mass is 10.0. The molecule has 0 bridgehead atoms. The first kappa shape index (κ1) is 96.4. The number of aromatic nitrogens is 8. The van der Waals surface area contributed by atoms with E-state index in [9.17, 15) is 88.1 Å². The van der Waals surface area contributed by atoms with Crippen LogP contribution in [0.5, 0.6) is 0 Å². The summed E-state index contributed by atoms with van der Waals surface area (Å²) in [5.41, 5.74) is -12.6. The predicted molar refractivity (Wildman–Crippen MR) is 410 cm³/mol. The standard InChI is InChI=1S/C20H34N2O6Si.C19H31IN2O7Si.2C10H14IN2O10P.2H3N/c1-9-13-15-16(28-19(5,6)27-15)20(26-13,12-25-29(7,8)18(2,3)4)22-11-10-14(23)21-17(22)24;1-17(2,3)30(6,7)26-10-19(22-12(20)8-13(24)21-16(22)25)15-14(11(9-23)27-19)28-18(4,5)29-15;2*11-5-1-6(15)12-9(18)13(5)10(3-14)8(17)7(16)4(23-10)2-22-24(19,20)21;;/h10-11,13,15-16H,9,12H2,1-8H3,(H,21,23,24);8,11,14-15,23H,9-10H2,1-7H3,(H,21,24,25);2*1,4,7-8,14,16-17H,2-3H2,(H,12,15,18)(H2,19,20,21);2*1H3/p+1/t13-,15+,16?,20-;11-,14+,15?,19-;2*4-,7+,8?,10-;;/m1111../s1. The number of ether oxygens (including phenoxy) is 8. The van der Waals surface area contributed by atoms with Crippen molar-refractivity contribution < 1.29 is 120 Å². The fourth-order valence-corrected chi connectivity index (χ4v) is 17.5.